The maximum atomic E-state index is 11.9. The number of carbonyl (C=O) groups excluding carboxylic acids is 1. The molecule has 0 spiro atoms. The molecule has 6 heteroatoms. The minimum atomic E-state index is -0.833. The van der Waals surface area contributed by atoms with Crippen molar-refractivity contribution >= 4 is 17.7 Å². The summed E-state index contributed by atoms with van der Waals surface area (Å²) < 4.78 is 0. The lowest BCUT2D eigenvalue weighted by Gasteiger charge is -2.36. The number of nitrogens with one attached hydrogen (secondary N) is 1. The topological polar surface area (TPSA) is 72.9 Å². The third-order valence-corrected chi connectivity index (χ3v) is 3.53. The number of aliphatic carboxylic acids is 1. The van der Waals surface area contributed by atoms with Crippen LogP contribution in [0.2, 0.25) is 0 Å². The summed E-state index contributed by atoms with van der Waals surface area (Å²) in [5.74, 6) is -0.833. The van der Waals surface area contributed by atoms with Crippen LogP contribution in [0, 0.1) is 0 Å². The quantitative estimate of drug-likeness (QED) is 0.804. The zero-order valence-corrected chi connectivity index (χ0v) is 12.0. The number of urea groups is 1. The first-order valence-corrected chi connectivity index (χ1v) is 7.21. The van der Waals surface area contributed by atoms with Crippen molar-refractivity contribution < 1.29 is 14.7 Å². The normalized spacial score (nSPS) is 14.9. The van der Waals surface area contributed by atoms with Crippen molar-refractivity contribution in [1.82, 2.24) is 10.2 Å². The number of amides is 2. The minimum absolute atomic E-state index is 0.0854. The third-order valence-electron chi connectivity index (χ3n) is 3.53. The molecule has 0 aromatic heterocycles. The Balaban J connectivity index is 1.71. The largest absolute Gasteiger partial charge is 0.481 e. The van der Waals surface area contributed by atoms with Crippen LogP contribution in [-0.2, 0) is 4.79 Å². The number of carbonyl (C=O) groups is 2. The summed E-state index contributed by atoms with van der Waals surface area (Å²) in [5, 5.41) is 11.3. The standard InChI is InChI=1S/C15H21N3O3/c19-14(20)7-4-8-16-15(21)18-11-9-17(10-12-18)13-5-2-1-3-6-13/h1-3,5-6H,4,7-12H2,(H,16,21)(H,19,20). The number of para-hydroxylation sites is 1. The molecule has 2 rings (SSSR count). The number of anilines is 1. The number of hydrogen-bond acceptors (Lipinski definition) is 3. The van der Waals surface area contributed by atoms with E-state index in [1.54, 1.807) is 4.90 Å². The van der Waals surface area contributed by atoms with Crippen LogP contribution in [0.5, 0.6) is 0 Å². The van der Waals surface area contributed by atoms with Gasteiger partial charge in [-0.1, -0.05) is 18.2 Å². The molecule has 1 heterocycles. The summed E-state index contributed by atoms with van der Waals surface area (Å²) in [6, 6.07) is 10.1. The van der Waals surface area contributed by atoms with Crippen molar-refractivity contribution in [2.75, 3.05) is 37.6 Å². The third kappa shape index (κ3) is 4.66. The molecule has 114 valence electrons. The highest BCUT2D eigenvalue weighted by Crippen LogP contribution is 2.15. The lowest BCUT2D eigenvalue weighted by molar-refractivity contribution is -0.137. The van der Waals surface area contributed by atoms with Crippen LogP contribution in [0.25, 0.3) is 0 Å². The maximum absolute atomic E-state index is 11.9. The van der Waals surface area contributed by atoms with Crippen molar-refractivity contribution in [3.8, 4) is 0 Å². The summed E-state index contributed by atoms with van der Waals surface area (Å²) in [6.07, 6.45) is 0.549. The number of piperazine rings is 1. The lowest BCUT2D eigenvalue weighted by Crippen LogP contribution is -2.52. The fourth-order valence-corrected chi connectivity index (χ4v) is 2.35. The number of rotatable bonds is 5. The average Bonchev–Trinajstić information content (AvgIpc) is 2.52. The average molecular weight is 291 g/mol. The SMILES string of the molecule is O=C(O)CCCNC(=O)N1CCN(c2ccccc2)CC1. The first-order chi connectivity index (χ1) is 10.2. The van der Waals surface area contributed by atoms with E-state index in [0.717, 1.165) is 13.1 Å². The smallest absolute Gasteiger partial charge is 0.317 e. The number of nitrogens with zero attached hydrogens (tertiary/aromatic N) is 2. The van der Waals surface area contributed by atoms with Crippen molar-refractivity contribution in [3.05, 3.63) is 30.3 Å². The number of benzene rings is 1. The zero-order chi connectivity index (χ0) is 15.1. The van der Waals surface area contributed by atoms with Gasteiger partial charge >= 0.3 is 12.0 Å². The van der Waals surface area contributed by atoms with Gasteiger partial charge in [-0.3, -0.25) is 4.79 Å². The molecule has 0 unspecified atom stereocenters. The van der Waals surface area contributed by atoms with E-state index in [2.05, 4.69) is 22.3 Å². The van der Waals surface area contributed by atoms with Gasteiger partial charge in [0, 0.05) is 44.8 Å². The van der Waals surface area contributed by atoms with Crippen LogP contribution >= 0.6 is 0 Å². The molecule has 0 saturated carbocycles. The Morgan fingerprint density at radius 1 is 1.10 bits per heavy atom. The van der Waals surface area contributed by atoms with Gasteiger partial charge in [-0.2, -0.15) is 0 Å². The van der Waals surface area contributed by atoms with Crippen LogP contribution in [0.4, 0.5) is 10.5 Å². The highest BCUT2D eigenvalue weighted by Gasteiger charge is 2.20. The predicted octanol–water partition coefficient (Wildman–Crippen LogP) is 1.38. The zero-order valence-electron chi connectivity index (χ0n) is 12.0. The summed E-state index contributed by atoms with van der Waals surface area (Å²) in [4.78, 5) is 26.4. The van der Waals surface area contributed by atoms with Crippen LogP contribution < -0.4 is 10.2 Å². The lowest BCUT2D eigenvalue weighted by atomic mass is 10.2. The van der Waals surface area contributed by atoms with E-state index in [0.29, 0.717) is 26.1 Å². The molecule has 1 aromatic carbocycles. The van der Waals surface area contributed by atoms with Gasteiger partial charge in [-0.15, -0.1) is 0 Å². The van der Waals surface area contributed by atoms with E-state index < -0.39 is 5.97 Å². The monoisotopic (exact) mass is 291 g/mol. The van der Waals surface area contributed by atoms with Gasteiger partial charge in [0.15, 0.2) is 0 Å². The number of carboxylic acid groups (broad SMARTS) is 1. The molecule has 1 fully saturated rings. The Morgan fingerprint density at radius 2 is 1.76 bits per heavy atom. The van der Waals surface area contributed by atoms with Gasteiger partial charge in [0.25, 0.3) is 0 Å². The first-order valence-electron chi connectivity index (χ1n) is 7.21. The highest BCUT2D eigenvalue weighted by atomic mass is 16.4. The molecule has 0 bridgehead atoms. The van der Waals surface area contributed by atoms with Crippen LogP contribution in [0.3, 0.4) is 0 Å². The van der Waals surface area contributed by atoms with E-state index in [-0.39, 0.29) is 12.5 Å². The Bertz CT molecular complexity index is 470. The van der Waals surface area contributed by atoms with E-state index in [1.165, 1.54) is 5.69 Å². The summed E-state index contributed by atoms with van der Waals surface area (Å²) >= 11 is 0. The number of carboxylic acids is 1. The van der Waals surface area contributed by atoms with Crippen molar-refractivity contribution in [1.29, 1.82) is 0 Å². The molecular formula is C15H21N3O3. The van der Waals surface area contributed by atoms with Gasteiger partial charge in [-0.05, 0) is 18.6 Å². The summed E-state index contributed by atoms with van der Waals surface area (Å²) in [5.41, 5.74) is 1.18. The van der Waals surface area contributed by atoms with Gasteiger partial charge in [0.05, 0.1) is 0 Å². The van der Waals surface area contributed by atoms with Crippen LogP contribution in [0.15, 0.2) is 30.3 Å². The second-order valence-electron chi connectivity index (χ2n) is 5.04. The Hall–Kier alpha value is -2.24. The van der Waals surface area contributed by atoms with E-state index in [4.69, 9.17) is 5.11 Å². The van der Waals surface area contributed by atoms with Gasteiger partial charge < -0.3 is 20.2 Å². The number of hydrogen-bond donors (Lipinski definition) is 2. The van der Waals surface area contributed by atoms with E-state index >= 15 is 0 Å². The molecule has 6 nitrogen and oxygen atoms in total. The highest BCUT2D eigenvalue weighted by molar-refractivity contribution is 5.74. The molecule has 2 N–H and O–H groups in total. The molecule has 1 aliphatic heterocycles. The summed E-state index contributed by atoms with van der Waals surface area (Å²) in [7, 11) is 0. The van der Waals surface area contributed by atoms with Gasteiger partial charge in [-0.25, -0.2) is 4.79 Å². The first kappa shape index (κ1) is 15.2. The Kier molecular flexibility index (Phi) is 5.43. The Labute approximate surface area is 124 Å². The predicted molar refractivity (Wildman–Crippen MR) is 80.5 cm³/mol. The molecule has 2 amide bonds. The van der Waals surface area contributed by atoms with Gasteiger partial charge in [0.1, 0.15) is 0 Å². The molecule has 1 aliphatic rings. The van der Waals surface area contributed by atoms with Crippen molar-refractivity contribution in [3.63, 3.8) is 0 Å². The Morgan fingerprint density at radius 3 is 2.38 bits per heavy atom. The molecule has 1 saturated heterocycles. The molecule has 0 aliphatic carbocycles. The van der Waals surface area contributed by atoms with Gasteiger partial charge in [0.2, 0.25) is 0 Å². The molecule has 21 heavy (non-hydrogen) atoms. The molecule has 0 atom stereocenters. The fourth-order valence-electron chi connectivity index (χ4n) is 2.35. The molecule has 1 aromatic rings. The van der Waals surface area contributed by atoms with E-state index in [9.17, 15) is 9.59 Å². The molecular weight excluding hydrogens is 270 g/mol. The second-order valence-corrected chi connectivity index (χ2v) is 5.04. The van der Waals surface area contributed by atoms with Crippen molar-refractivity contribution in [2.24, 2.45) is 0 Å². The molecule has 0 radical (unpaired) electrons. The fraction of sp³-hybridized carbons (Fsp3) is 0.467. The minimum Gasteiger partial charge on any atom is -0.481 e. The van der Waals surface area contributed by atoms with Crippen LogP contribution in [-0.4, -0.2) is 54.7 Å². The summed E-state index contributed by atoms with van der Waals surface area (Å²) in [6.45, 7) is 3.39. The van der Waals surface area contributed by atoms with E-state index in [1.807, 2.05) is 18.2 Å². The van der Waals surface area contributed by atoms with Crippen LogP contribution in [0.1, 0.15) is 12.8 Å². The second kappa shape index (κ2) is 7.52. The maximum Gasteiger partial charge on any atom is 0.317 e. The van der Waals surface area contributed by atoms with Crippen molar-refractivity contribution in [2.45, 2.75) is 12.8 Å².